The summed E-state index contributed by atoms with van der Waals surface area (Å²) in [7, 11) is 0. The Labute approximate surface area is 115 Å². The Morgan fingerprint density at radius 3 is 2.79 bits per heavy atom. The average Bonchev–Trinajstić information content (AvgIpc) is 2.82. The van der Waals surface area contributed by atoms with Crippen LogP contribution in [0.25, 0.3) is 0 Å². The summed E-state index contributed by atoms with van der Waals surface area (Å²) in [6.45, 7) is 4.46. The van der Waals surface area contributed by atoms with Crippen LogP contribution in [0.15, 0.2) is 30.3 Å². The molecular formula is C15H24N4. The molecule has 1 aromatic rings. The lowest BCUT2D eigenvalue weighted by atomic mass is 9.84. The summed E-state index contributed by atoms with van der Waals surface area (Å²) in [6.07, 6.45) is 2.45. The van der Waals surface area contributed by atoms with E-state index >= 15 is 0 Å². The summed E-state index contributed by atoms with van der Waals surface area (Å²) in [6, 6.07) is 11.8. The minimum Gasteiger partial charge on any atom is -0.315 e. The van der Waals surface area contributed by atoms with Crippen molar-refractivity contribution in [2.75, 3.05) is 6.54 Å². The van der Waals surface area contributed by atoms with Crippen LogP contribution in [0.5, 0.6) is 0 Å². The third kappa shape index (κ3) is 2.54. The predicted molar refractivity (Wildman–Crippen MR) is 77.1 cm³/mol. The first-order valence-corrected chi connectivity index (χ1v) is 7.34. The van der Waals surface area contributed by atoms with E-state index in [1.54, 1.807) is 0 Å². The highest BCUT2D eigenvalue weighted by molar-refractivity contribution is 5.15. The SMILES string of the molecule is CCC1C2NNC(N)C2CCN1Cc1ccccc1. The number of hydrazine groups is 1. The zero-order chi connectivity index (χ0) is 13.2. The molecule has 2 aliphatic rings. The largest absolute Gasteiger partial charge is 0.315 e. The topological polar surface area (TPSA) is 53.3 Å². The molecule has 4 nitrogen and oxygen atoms in total. The normalized spacial score (nSPS) is 35.3. The third-order valence-electron chi connectivity index (χ3n) is 4.62. The predicted octanol–water partition coefficient (Wildman–Crippen LogP) is 1.05. The molecule has 104 valence electrons. The van der Waals surface area contributed by atoms with Crippen molar-refractivity contribution in [1.29, 1.82) is 0 Å². The fourth-order valence-electron chi connectivity index (χ4n) is 3.60. The van der Waals surface area contributed by atoms with Crippen molar-refractivity contribution < 1.29 is 0 Å². The Morgan fingerprint density at radius 2 is 2.05 bits per heavy atom. The van der Waals surface area contributed by atoms with Gasteiger partial charge in [0.05, 0.1) is 6.17 Å². The van der Waals surface area contributed by atoms with E-state index in [4.69, 9.17) is 5.73 Å². The van der Waals surface area contributed by atoms with Crippen LogP contribution in [-0.4, -0.2) is 29.7 Å². The number of likely N-dealkylation sites (tertiary alicyclic amines) is 1. The summed E-state index contributed by atoms with van der Waals surface area (Å²) < 4.78 is 0. The van der Waals surface area contributed by atoms with Gasteiger partial charge in [-0.2, -0.15) is 0 Å². The summed E-state index contributed by atoms with van der Waals surface area (Å²) in [5.41, 5.74) is 14.1. The molecule has 4 atom stereocenters. The molecule has 0 saturated carbocycles. The van der Waals surface area contributed by atoms with Crippen LogP contribution >= 0.6 is 0 Å². The smallest absolute Gasteiger partial charge is 0.0724 e. The molecule has 19 heavy (non-hydrogen) atoms. The van der Waals surface area contributed by atoms with E-state index < -0.39 is 0 Å². The molecule has 4 heteroatoms. The standard InChI is InChI=1S/C15H24N4/c1-2-13-14-12(15(16)18-17-14)8-9-19(13)10-11-6-4-3-5-7-11/h3-7,12-15,17-18H,2,8-10,16H2,1H3. The first kappa shape index (κ1) is 13.1. The van der Waals surface area contributed by atoms with Gasteiger partial charge in [0, 0.05) is 24.5 Å². The van der Waals surface area contributed by atoms with Crippen molar-refractivity contribution in [3.8, 4) is 0 Å². The highest BCUT2D eigenvalue weighted by Crippen LogP contribution is 2.30. The molecular weight excluding hydrogens is 236 g/mol. The number of nitrogens with zero attached hydrogens (tertiary/aromatic N) is 1. The number of nitrogens with two attached hydrogens (primary N) is 1. The maximum absolute atomic E-state index is 6.11. The van der Waals surface area contributed by atoms with Crippen LogP contribution < -0.4 is 16.6 Å². The molecule has 0 spiro atoms. The van der Waals surface area contributed by atoms with Gasteiger partial charge in [-0.25, -0.2) is 5.43 Å². The monoisotopic (exact) mass is 260 g/mol. The van der Waals surface area contributed by atoms with Crippen LogP contribution in [0.2, 0.25) is 0 Å². The third-order valence-corrected chi connectivity index (χ3v) is 4.62. The van der Waals surface area contributed by atoms with Gasteiger partial charge in [-0.1, -0.05) is 37.3 Å². The molecule has 0 aromatic heterocycles. The van der Waals surface area contributed by atoms with Gasteiger partial charge >= 0.3 is 0 Å². The maximum Gasteiger partial charge on any atom is 0.0724 e. The highest BCUT2D eigenvalue weighted by Gasteiger charge is 2.43. The summed E-state index contributed by atoms with van der Waals surface area (Å²) in [5, 5.41) is 0. The van der Waals surface area contributed by atoms with Crippen LogP contribution in [0.1, 0.15) is 25.3 Å². The molecule has 0 bridgehead atoms. The van der Waals surface area contributed by atoms with Crippen molar-refractivity contribution in [3.63, 3.8) is 0 Å². The minimum atomic E-state index is 0.109. The van der Waals surface area contributed by atoms with Crippen molar-refractivity contribution >= 4 is 0 Å². The molecule has 2 fully saturated rings. The average molecular weight is 260 g/mol. The number of rotatable bonds is 3. The number of piperidine rings is 1. The number of benzene rings is 1. The Bertz CT molecular complexity index is 408. The number of fused-ring (bicyclic) bond motifs is 1. The van der Waals surface area contributed by atoms with E-state index in [0.717, 1.165) is 19.5 Å². The Balaban J connectivity index is 1.72. The van der Waals surface area contributed by atoms with Gasteiger partial charge in [0.25, 0.3) is 0 Å². The molecule has 4 N–H and O–H groups in total. The van der Waals surface area contributed by atoms with Crippen molar-refractivity contribution in [1.82, 2.24) is 15.8 Å². The van der Waals surface area contributed by atoms with Gasteiger partial charge < -0.3 is 5.73 Å². The van der Waals surface area contributed by atoms with Crippen molar-refractivity contribution in [2.24, 2.45) is 11.7 Å². The van der Waals surface area contributed by atoms with E-state index in [9.17, 15) is 0 Å². The summed E-state index contributed by atoms with van der Waals surface area (Å²) >= 11 is 0. The molecule has 4 unspecified atom stereocenters. The minimum absolute atomic E-state index is 0.109. The second kappa shape index (κ2) is 5.59. The quantitative estimate of drug-likeness (QED) is 0.760. The van der Waals surface area contributed by atoms with Gasteiger partial charge in [0.2, 0.25) is 0 Å². The highest BCUT2D eigenvalue weighted by atomic mass is 15.5. The van der Waals surface area contributed by atoms with Crippen LogP contribution in [-0.2, 0) is 6.54 Å². The number of nitrogens with one attached hydrogen (secondary N) is 2. The Hall–Kier alpha value is -0.940. The second-order valence-corrected chi connectivity index (χ2v) is 5.72. The summed E-state index contributed by atoms with van der Waals surface area (Å²) in [5.74, 6) is 0.567. The molecule has 0 aliphatic carbocycles. The number of hydrogen-bond acceptors (Lipinski definition) is 4. The number of hydrogen-bond donors (Lipinski definition) is 3. The van der Waals surface area contributed by atoms with E-state index in [1.807, 2.05) is 0 Å². The maximum atomic E-state index is 6.11. The lowest BCUT2D eigenvalue weighted by Gasteiger charge is -2.42. The molecule has 2 aliphatic heterocycles. The van der Waals surface area contributed by atoms with E-state index in [0.29, 0.717) is 18.0 Å². The molecule has 2 saturated heterocycles. The molecule has 1 aromatic carbocycles. The van der Waals surface area contributed by atoms with E-state index in [2.05, 4.69) is 53.0 Å². The van der Waals surface area contributed by atoms with Crippen LogP contribution in [0.3, 0.4) is 0 Å². The first-order valence-electron chi connectivity index (χ1n) is 7.34. The van der Waals surface area contributed by atoms with Crippen LogP contribution in [0, 0.1) is 5.92 Å². The van der Waals surface area contributed by atoms with Gasteiger partial charge in [-0.05, 0) is 24.9 Å². The van der Waals surface area contributed by atoms with Crippen molar-refractivity contribution in [3.05, 3.63) is 35.9 Å². The zero-order valence-corrected chi connectivity index (χ0v) is 11.5. The van der Waals surface area contributed by atoms with E-state index in [-0.39, 0.29) is 6.17 Å². The molecule has 3 rings (SSSR count). The fourth-order valence-corrected chi connectivity index (χ4v) is 3.60. The molecule has 2 heterocycles. The lowest BCUT2D eigenvalue weighted by Crippen LogP contribution is -2.55. The van der Waals surface area contributed by atoms with Gasteiger partial charge in [-0.15, -0.1) is 0 Å². The zero-order valence-electron chi connectivity index (χ0n) is 11.5. The lowest BCUT2D eigenvalue weighted by molar-refractivity contribution is 0.0789. The van der Waals surface area contributed by atoms with Gasteiger partial charge in [0.1, 0.15) is 0 Å². The molecule has 0 radical (unpaired) electrons. The van der Waals surface area contributed by atoms with Crippen LogP contribution in [0.4, 0.5) is 0 Å². The second-order valence-electron chi connectivity index (χ2n) is 5.72. The van der Waals surface area contributed by atoms with Gasteiger partial charge in [0.15, 0.2) is 0 Å². The van der Waals surface area contributed by atoms with Crippen molar-refractivity contribution in [2.45, 2.75) is 44.6 Å². The van der Waals surface area contributed by atoms with Gasteiger partial charge in [-0.3, -0.25) is 10.3 Å². The first-order chi connectivity index (χ1) is 9.29. The fraction of sp³-hybridized carbons (Fsp3) is 0.600. The Morgan fingerprint density at radius 1 is 1.26 bits per heavy atom. The van der Waals surface area contributed by atoms with E-state index in [1.165, 1.54) is 12.0 Å². The summed E-state index contributed by atoms with van der Waals surface area (Å²) in [4.78, 5) is 2.60. The molecule has 0 amide bonds. The Kier molecular flexibility index (Phi) is 3.84.